The molecule has 1 fully saturated rings. The van der Waals surface area contributed by atoms with Gasteiger partial charge in [0.25, 0.3) is 0 Å². The highest BCUT2D eigenvalue weighted by molar-refractivity contribution is 5.30. The van der Waals surface area contributed by atoms with Crippen LogP contribution >= 0.6 is 0 Å². The van der Waals surface area contributed by atoms with Gasteiger partial charge >= 0.3 is 0 Å². The number of aliphatic hydroxyl groups is 1. The maximum absolute atomic E-state index is 9.07. The first kappa shape index (κ1) is 11.6. The van der Waals surface area contributed by atoms with Crippen LogP contribution in [0.25, 0.3) is 0 Å². The summed E-state index contributed by atoms with van der Waals surface area (Å²) in [5.74, 6) is 0. The van der Waals surface area contributed by atoms with Crippen molar-refractivity contribution in [1.82, 2.24) is 4.90 Å². The van der Waals surface area contributed by atoms with E-state index in [-0.39, 0.29) is 6.61 Å². The van der Waals surface area contributed by atoms with Crippen LogP contribution in [0.5, 0.6) is 0 Å². The van der Waals surface area contributed by atoms with Gasteiger partial charge in [-0.25, -0.2) is 0 Å². The third-order valence-electron chi connectivity index (χ3n) is 3.33. The first-order valence-electron chi connectivity index (χ1n) is 6.11. The molecule has 0 amide bonds. The second-order valence-electron chi connectivity index (χ2n) is 4.86. The van der Waals surface area contributed by atoms with E-state index in [0.717, 1.165) is 13.1 Å². The van der Waals surface area contributed by atoms with E-state index < -0.39 is 0 Å². The number of rotatable bonds is 5. The summed E-state index contributed by atoms with van der Waals surface area (Å²) in [4.78, 5) is 2.40. The molecule has 16 heavy (non-hydrogen) atoms. The molecule has 0 unspecified atom stereocenters. The lowest BCUT2D eigenvalue weighted by atomic mass is 10.1. The second kappa shape index (κ2) is 4.98. The molecule has 0 radical (unpaired) electrons. The Morgan fingerprint density at radius 1 is 1.31 bits per heavy atom. The fourth-order valence-electron chi connectivity index (χ4n) is 2.15. The molecule has 2 rings (SSSR count). The first-order chi connectivity index (χ1) is 7.70. The molecule has 2 heteroatoms. The summed E-state index contributed by atoms with van der Waals surface area (Å²) >= 11 is 0. The molecule has 0 atom stereocenters. The van der Waals surface area contributed by atoms with E-state index in [1.807, 2.05) is 0 Å². The van der Waals surface area contributed by atoms with Crippen LogP contribution in [0.1, 0.15) is 29.5 Å². The van der Waals surface area contributed by atoms with Gasteiger partial charge in [-0.2, -0.15) is 0 Å². The average molecular weight is 219 g/mol. The Labute approximate surface area is 97.9 Å². The van der Waals surface area contributed by atoms with Gasteiger partial charge in [-0.05, 0) is 37.8 Å². The van der Waals surface area contributed by atoms with Crippen LogP contribution < -0.4 is 0 Å². The molecule has 0 spiro atoms. The maximum atomic E-state index is 9.07. The molecule has 2 nitrogen and oxygen atoms in total. The smallest absolute Gasteiger partial charge is 0.0558 e. The minimum atomic E-state index is 0.265. The summed E-state index contributed by atoms with van der Waals surface area (Å²) in [6.07, 6.45) is 2.59. The number of hydrogen-bond donors (Lipinski definition) is 1. The Morgan fingerprint density at radius 3 is 2.69 bits per heavy atom. The van der Waals surface area contributed by atoms with Gasteiger partial charge in [-0.15, -0.1) is 0 Å². The highest BCUT2D eigenvalue weighted by atomic mass is 16.3. The monoisotopic (exact) mass is 219 g/mol. The third-order valence-corrected chi connectivity index (χ3v) is 3.33. The Hall–Kier alpha value is -0.860. The van der Waals surface area contributed by atoms with Gasteiger partial charge in [0.2, 0.25) is 0 Å². The summed E-state index contributed by atoms with van der Waals surface area (Å²) in [6, 6.07) is 7.33. The molecule has 0 saturated heterocycles. The molecule has 88 valence electrons. The van der Waals surface area contributed by atoms with Crippen molar-refractivity contribution in [3.8, 4) is 0 Å². The number of hydrogen-bond acceptors (Lipinski definition) is 2. The van der Waals surface area contributed by atoms with E-state index in [4.69, 9.17) is 5.11 Å². The van der Waals surface area contributed by atoms with Crippen LogP contribution in [0, 0.1) is 13.8 Å². The quantitative estimate of drug-likeness (QED) is 0.821. The van der Waals surface area contributed by atoms with Gasteiger partial charge in [0.15, 0.2) is 0 Å². The average Bonchev–Trinajstić information content (AvgIpc) is 3.06. The molecule has 1 aliphatic carbocycles. The lowest BCUT2D eigenvalue weighted by Crippen LogP contribution is -2.28. The van der Waals surface area contributed by atoms with E-state index >= 15 is 0 Å². The Bertz CT molecular complexity index is 358. The summed E-state index contributed by atoms with van der Waals surface area (Å²) in [5, 5.41) is 9.07. The molecule has 1 aromatic carbocycles. The number of aliphatic hydroxyl groups excluding tert-OH is 1. The van der Waals surface area contributed by atoms with Crippen LogP contribution in [0.3, 0.4) is 0 Å². The van der Waals surface area contributed by atoms with E-state index in [0.29, 0.717) is 6.04 Å². The molecular weight excluding hydrogens is 198 g/mol. The van der Waals surface area contributed by atoms with Crippen molar-refractivity contribution >= 4 is 0 Å². The minimum absolute atomic E-state index is 0.265. The van der Waals surface area contributed by atoms with Crippen LogP contribution in [-0.2, 0) is 6.54 Å². The zero-order chi connectivity index (χ0) is 11.5. The highest BCUT2D eigenvalue weighted by Crippen LogP contribution is 2.28. The summed E-state index contributed by atoms with van der Waals surface area (Å²) < 4.78 is 0. The molecular formula is C14H21NO. The Kier molecular flexibility index (Phi) is 3.62. The largest absolute Gasteiger partial charge is 0.395 e. The highest BCUT2D eigenvalue weighted by Gasteiger charge is 2.28. The third kappa shape index (κ3) is 2.83. The van der Waals surface area contributed by atoms with Crippen LogP contribution in [0.15, 0.2) is 18.2 Å². The van der Waals surface area contributed by atoms with Gasteiger partial charge in [-0.3, -0.25) is 4.90 Å². The van der Waals surface area contributed by atoms with Crippen molar-refractivity contribution in [1.29, 1.82) is 0 Å². The second-order valence-corrected chi connectivity index (χ2v) is 4.86. The summed E-state index contributed by atoms with van der Waals surface area (Å²) in [6.45, 7) is 6.35. The fraction of sp³-hybridized carbons (Fsp3) is 0.571. The predicted molar refractivity (Wildman–Crippen MR) is 66.4 cm³/mol. The number of benzene rings is 1. The SMILES string of the molecule is Cc1ccc(C)c(CN(CCO)C2CC2)c1. The molecule has 1 saturated carbocycles. The van der Waals surface area contributed by atoms with Gasteiger partial charge in [0.05, 0.1) is 6.61 Å². The van der Waals surface area contributed by atoms with Crippen LogP contribution in [0.4, 0.5) is 0 Å². The Morgan fingerprint density at radius 2 is 2.06 bits per heavy atom. The summed E-state index contributed by atoms with van der Waals surface area (Å²) in [7, 11) is 0. The molecule has 1 aromatic rings. The van der Waals surface area contributed by atoms with Gasteiger partial charge in [0, 0.05) is 19.1 Å². The van der Waals surface area contributed by atoms with Crippen LogP contribution in [-0.4, -0.2) is 29.2 Å². The normalized spacial score (nSPS) is 15.8. The Balaban J connectivity index is 2.08. The summed E-state index contributed by atoms with van der Waals surface area (Å²) in [5.41, 5.74) is 4.08. The van der Waals surface area contributed by atoms with Crippen molar-refractivity contribution < 1.29 is 5.11 Å². The number of aryl methyl sites for hydroxylation is 2. The minimum Gasteiger partial charge on any atom is -0.395 e. The predicted octanol–water partition coefficient (Wildman–Crippen LogP) is 2.26. The van der Waals surface area contributed by atoms with Crippen LogP contribution in [0.2, 0.25) is 0 Å². The van der Waals surface area contributed by atoms with E-state index in [1.54, 1.807) is 0 Å². The topological polar surface area (TPSA) is 23.5 Å². The lowest BCUT2D eigenvalue weighted by molar-refractivity contribution is 0.183. The lowest BCUT2D eigenvalue weighted by Gasteiger charge is -2.22. The van der Waals surface area contributed by atoms with Gasteiger partial charge < -0.3 is 5.11 Å². The maximum Gasteiger partial charge on any atom is 0.0558 e. The fourth-order valence-corrected chi connectivity index (χ4v) is 2.15. The zero-order valence-corrected chi connectivity index (χ0v) is 10.2. The van der Waals surface area contributed by atoms with Crippen molar-refractivity contribution in [3.63, 3.8) is 0 Å². The molecule has 1 N–H and O–H groups in total. The van der Waals surface area contributed by atoms with Gasteiger partial charge in [-0.1, -0.05) is 23.8 Å². The molecule has 0 aromatic heterocycles. The molecule has 1 aliphatic rings. The zero-order valence-electron chi connectivity index (χ0n) is 10.2. The van der Waals surface area contributed by atoms with E-state index in [2.05, 4.69) is 36.9 Å². The number of nitrogens with zero attached hydrogens (tertiary/aromatic N) is 1. The molecule has 0 heterocycles. The first-order valence-corrected chi connectivity index (χ1v) is 6.11. The van der Waals surface area contributed by atoms with Gasteiger partial charge in [0.1, 0.15) is 0 Å². The van der Waals surface area contributed by atoms with E-state index in [1.165, 1.54) is 29.5 Å². The van der Waals surface area contributed by atoms with Crippen molar-refractivity contribution in [2.24, 2.45) is 0 Å². The van der Waals surface area contributed by atoms with Crippen molar-refractivity contribution in [2.75, 3.05) is 13.2 Å². The standard InChI is InChI=1S/C14H21NO/c1-11-3-4-12(2)13(9-11)10-15(7-8-16)14-5-6-14/h3-4,9,14,16H,5-8,10H2,1-2H3. The van der Waals surface area contributed by atoms with Crippen molar-refractivity contribution in [3.05, 3.63) is 34.9 Å². The molecule has 0 aliphatic heterocycles. The van der Waals surface area contributed by atoms with E-state index in [9.17, 15) is 0 Å². The van der Waals surface area contributed by atoms with Crippen molar-refractivity contribution in [2.45, 2.75) is 39.3 Å². The molecule has 0 bridgehead atoms.